The highest BCUT2D eigenvalue weighted by Crippen LogP contribution is 2.64. The van der Waals surface area contributed by atoms with E-state index in [1.807, 2.05) is 6.08 Å². The number of nitrogens with one attached hydrogen (secondary N) is 2. The Kier molecular flexibility index (Phi) is 6.37. The number of benzene rings is 3. The van der Waals surface area contributed by atoms with Crippen LogP contribution in [-0.2, 0) is 24.6 Å². The Balaban J connectivity index is 1.48. The number of phenolic OH excluding ortho intramolecular Hbond substituents is 1. The summed E-state index contributed by atoms with van der Waals surface area (Å²) in [7, 11) is 0. The van der Waals surface area contributed by atoms with Gasteiger partial charge in [0.25, 0.3) is 11.8 Å². The SMILES string of the molecule is O=C1NC(=O)C2C1CC=C1C2CC2C(=O)N(Nc3ccc(F)cc3)C(=O)C2(c2ccc(Cl)cc2)C1c1ccc(O)cc1Cl. The van der Waals surface area contributed by atoms with Gasteiger partial charge in [0.05, 0.1) is 28.9 Å². The zero-order valence-corrected chi connectivity index (χ0v) is 23.9. The molecule has 3 N–H and O–H groups in total. The molecule has 0 bridgehead atoms. The zero-order chi connectivity index (χ0) is 30.2. The molecule has 3 fully saturated rings. The van der Waals surface area contributed by atoms with Crippen LogP contribution < -0.4 is 10.7 Å². The normalized spacial score (nSPS) is 29.5. The molecule has 6 unspecified atom stereocenters. The van der Waals surface area contributed by atoms with Crippen LogP contribution in [0.1, 0.15) is 29.9 Å². The minimum Gasteiger partial charge on any atom is -0.508 e. The minimum atomic E-state index is -1.54. The molecule has 3 aromatic rings. The molecule has 0 aromatic heterocycles. The molecule has 2 aliphatic carbocycles. The number of imide groups is 2. The molecule has 0 spiro atoms. The molecule has 3 aromatic carbocycles. The van der Waals surface area contributed by atoms with Gasteiger partial charge in [0.1, 0.15) is 11.6 Å². The number of carbonyl (C=O) groups excluding carboxylic acids is 4. The highest BCUT2D eigenvalue weighted by Gasteiger charge is 2.70. The number of rotatable bonds is 4. The van der Waals surface area contributed by atoms with Crippen LogP contribution in [0.4, 0.5) is 10.1 Å². The van der Waals surface area contributed by atoms with E-state index in [-0.39, 0.29) is 29.5 Å². The van der Waals surface area contributed by atoms with Crippen molar-refractivity contribution < 1.29 is 28.7 Å². The predicted octanol–water partition coefficient (Wildman–Crippen LogP) is 5.11. The van der Waals surface area contributed by atoms with Crippen LogP contribution in [0.15, 0.2) is 78.4 Å². The van der Waals surface area contributed by atoms with Gasteiger partial charge in [0.15, 0.2) is 0 Å². The molecule has 6 atom stereocenters. The van der Waals surface area contributed by atoms with Crippen LogP contribution in [0, 0.1) is 29.5 Å². The number of allylic oxidation sites excluding steroid dienone is 2. The van der Waals surface area contributed by atoms with Gasteiger partial charge in [0.2, 0.25) is 11.8 Å². The average molecular weight is 620 g/mol. The smallest absolute Gasteiger partial charge is 0.260 e. The van der Waals surface area contributed by atoms with Gasteiger partial charge in [-0.15, -0.1) is 0 Å². The fourth-order valence-corrected chi connectivity index (χ4v) is 8.07. The Hall–Kier alpha value is -4.21. The van der Waals surface area contributed by atoms with E-state index in [0.717, 1.165) is 10.6 Å². The number of hydrogen-bond acceptors (Lipinski definition) is 6. The van der Waals surface area contributed by atoms with Crippen LogP contribution in [0.3, 0.4) is 0 Å². The fraction of sp³-hybridized carbons (Fsp3) is 0.250. The topological polar surface area (TPSA) is 116 Å². The third-order valence-corrected chi connectivity index (χ3v) is 9.97. The number of amides is 4. The van der Waals surface area contributed by atoms with Crippen molar-refractivity contribution in [3.05, 3.63) is 105 Å². The maximum atomic E-state index is 14.9. The van der Waals surface area contributed by atoms with Gasteiger partial charge in [-0.2, -0.15) is 5.01 Å². The molecule has 11 heteroatoms. The quantitative estimate of drug-likeness (QED) is 0.276. The summed E-state index contributed by atoms with van der Waals surface area (Å²) in [4.78, 5) is 55.1. The molecule has 4 amide bonds. The van der Waals surface area contributed by atoms with Gasteiger partial charge in [0, 0.05) is 16.0 Å². The van der Waals surface area contributed by atoms with E-state index in [1.54, 1.807) is 30.3 Å². The predicted molar refractivity (Wildman–Crippen MR) is 155 cm³/mol. The Morgan fingerprint density at radius 3 is 2.35 bits per heavy atom. The number of halogens is 3. The van der Waals surface area contributed by atoms with Crippen molar-refractivity contribution in [2.75, 3.05) is 5.43 Å². The molecule has 4 aliphatic rings. The number of phenols is 1. The average Bonchev–Trinajstić information content (AvgIpc) is 3.39. The molecule has 7 rings (SSSR count). The lowest BCUT2D eigenvalue weighted by Crippen LogP contribution is -2.53. The second-order valence-electron chi connectivity index (χ2n) is 11.4. The van der Waals surface area contributed by atoms with Crippen molar-refractivity contribution in [2.45, 2.75) is 24.2 Å². The van der Waals surface area contributed by atoms with Gasteiger partial charge in [-0.1, -0.05) is 53.1 Å². The first-order valence-electron chi connectivity index (χ1n) is 13.8. The second-order valence-corrected chi connectivity index (χ2v) is 12.3. The van der Waals surface area contributed by atoms with Crippen LogP contribution in [0.5, 0.6) is 5.75 Å². The highest BCUT2D eigenvalue weighted by atomic mass is 35.5. The van der Waals surface area contributed by atoms with Crippen molar-refractivity contribution in [1.29, 1.82) is 0 Å². The van der Waals surface area contributed by atoms with E-state index in [2.05, 4.69) is 10.7 Å². The molecule has 8 nitrogen and oxygen atoms in total. The molecule has 0 radical (unpaired) electrons. The van der Waals surface area contributed by atoms with E-state index in [1.165, 1.54) is 36.4 Å². The van der Waals surface area contributed by atoms with Crippen molar-refractivity contribution in [3.8, 4) is 5.75 Å². The molecule has 43 heavy (non-hydrogen) atoms. The Morgan fingerprint density at radius 1 is 0.930 bits per heavy atom. The van der Waals surface area contributed by atoms with Crippen molar-refractivity contribution in [2.24, 2.45) is 23.7 Å². The fourth-order valence-electron chi connectivity index (χ4n) is 7.66. The van der Waals surface area contributed by atoms with Crippen LogP contribution in [0.2, 0.25) is 10.0 Å². The zero-order valence-electron chi connectivity index (χ0n) is 22.4. The van der Waals surface area contributed by atoms with E-state index in [9.17, 15) is 28.7 Å². The molecular formula is C32H24Cl2FN3O5. The maximum absolute atomic E-state index is 14.9. The number of carbonyl (C=O) groups is 4. The number of hydrogen-bond donors (Lipinski definition) is 3. The summed E-state index contributed by atoms with van der Waals surface area (Å²) in [6, 6.07) is 16.4. The van der Waals surface area contributed by atoms with Gasteiger partial charge in [-0.25, -0.2) is 4.39 Å². The van der Waals surface area contributed by atoms with Crippen molar-refractivity contribution in [1.82, 2.24) is 10.3 Å². The number of aromatic hydroxyl groups is 1. The Labute approximate surface area is 255 Å². The summed E-state index contributed by atoms with van der Waals surface area (Å²) >= 11 is 13.0. The lowest BCUT2D eigenvalue weighted by atomic mass is 9.49. The first kappa shape index (κ1) is 27.6. The second kappa shape index (κ2) is 9.92. The van der Waals surface area contributed by atoms with Crippen LogP contribution >= 0.6 is 23.2 Å². The van der Waals surface area contributed by atoms with E-state index < -0.39 is 58.5 Å². The molecule has 2 aliphatic heterocycles. The first-order chi connectivity index (χ1) is 20.6. The van der Waals surface area contributed by atoms with Gasteiger partial charge < -0.3 is 5.11 Å². The Morgan fingerprint density at radius 2 is 1.65 bits per heavy atom. The number of fused-ring (bicyclic) bond motifs is 4. The summed E-state index contributed by atoms with van der Waals surface area (Å²) in [5.74, 6) is -6.06. The summed E-state index contributed by atoms with van der Waals surface area (Å²) in [5, 5.41) is 14.2. The molecular weight excluding hydrogens is 596 g/mol. The molecule has 218 valence electrons. The van der Waals surface area contributed by atoms with Crippen molar-refractivity contribution >= 4 is 52.5 Å². The summed E-state index contributed by atoms with van der Waals surface area (Å²) < 4.78 is 13.7. The maximum Gasteiger partial charge on any atom is 0.260 e. The van der Waals surface area contributed by atoms with E-state index in [0.29, 0.717) is 21.8 Å². The van der Waals surface area contributed by atoms with Gasteiger partial charge in [-0.3, -0.25) is 29.9 Å². The number of hydrazine groups is 1. The lowest BCUT2D eigenvalue weighted by molar-refractivity contribution is -0.138. The highest BCUT2D eigenvalue weighted by molar-refractivity contribution is 6.32. The van der Waals surface area contributed by atoms with Crippen molar-refractivity contribution in [3.63, 3.8) is 0 Å². The molecule has 2 heterocycles. The third kappa shape index (κ3) is 4.02. The Bertz CT molecular complexity index is 1740. The lowest BCUT2D eigenvalue weighted by Gasteiger charge is -2.50. The number of nitrogens with zero attached hydrogens (tertiary/aromatic N) is 1. The summed E-state index contributed by atoms with van der Waals surface area (Å²) in [6.45, 7) is 0. The minimum absolute atomic E-state index is 0.0786. The standard InChI is InChI=1S/C32H24Cl2FN3O5/c33-16-3-1-15(2-4-16)32-24(30(42)38(31(32)43)37-18-7-5-17(35)6-8-18)14-23-20(11-12-22-26(23)29(41)36-28(22)40)27(32)21-10-9-19(39)13-25(21)34/h1-11,13,22-24,26-27,37,39H,12,14H2,(H,36,40,41). The third-order valence-electron chi connectivity index (χ3n) is 9.39. The van der Waals surface area contributed by atoms with Crippen LogP contribution in [-0.4, -0.2) is 33.7 Å². The monoisotopic (exact) mass is 619 g/mol. The molecule has 2 saturated heterocycles. The molecule has 1 saturated carbocycles. The van der Waals surface area contributed by atoms with E-state index in [4.69, 9.17) is 23.2 Å². The number of anilines is 1. The van der Waals surface area contributed by atoms with Crippen LogP contribution in [0.25, 0.3) is 0 Å². The largest absolute Gasteiger partial charge is 0.508 e. The summed E-state index contributed by atoms with van der Waals surface area (Å²) in [6.07, 6.45) is 2.30. The van der Waals surface area contributed by atoms with E-state index >= 15 is 0 Å². The summed E-state index contributed by atoms with van der Waals surface area (Å²) in [5.41, 5.74) is 3.41. The van der Waals surface area contributed by atoms with Gasteiger partial charge >= 0.3 is 0 Å². The first-order valence-corrected chi connectivity index (χ1v) is 14.6. The van der Waals surface area contributed by atoms with Gasteiger partial charge in [-0.05, 0) is 78.4 Å².